The minimum Gasteiger partial charge on any atom is -0.496 e. The number of nitrogens with zero attached hydrogens (tertiary/aromatic N) is 1. The van der Waals surface area contributed by atoms with Crippen LogP contribution >= 0.6 is 0 Å². The first-order valence-electron chi connectivity index (χ1n) is 4.02. The SMILES string of the molecule is COc1cc(CN=O)ccc1C(F)(F)F. The van der Waals surface area contributed by atoms with E-state index in [1.165, 1.54) is 6.07 Å². The minimum absolute atomic E-state index is 0.172. The number of nitroso groups, excluding NO2 is 1. The van der Waals surface area contributed by atoms with Crippen LogP contribution in [-0.4, -0.2) is 7.11 Å². The van der Waals surface area contributed by atoms with Crippen LogP contribution in [0.5, 0.6) is 5.75 Å². The van der Waals surface area contributed by atoms with Gasteiger partial charge in [-0.15, -0.1) is 0 Å². The van der Waals surface area contributed by atoms with Gasteiger partial charge in [-0.1, -0.05) is 11.2 Å². The van der Waals surface area contributed by atoms with Crippen LogP contribution in [-0.2, 0) is 12.7 Å². The second-order valence-electron chi connectivity index (χ2n) is 2.82. The maximum absolute atomic E-state index is 12.4. The standard InChI is InChI=1S/C9H8F3NO2/c1-15-8-4-6(5-13-14)2-3-7(8)9(10,11)12/h2-4H,5H2,1H3. The van der Waals surface area contributed by atoms with Crippen LogP contribution in [0.25, 0.3) is 0 Å². The molecule has 0 aliphatic heterocycles. The fourth-order valence-electron chi connectivity index (χ4n) is 1.14. The van der Waals surface area contributed by atoms with Gasteiger partial charge in [0.05, 0.1) is 12.7 Å². The Morgan fingerprint density at radius 1 is 1.40 bits per heavy atom. The molecule has 0 N–H and O–H groups in total. The van der Waals surface area contributed by atoms with Crippen LogP contribution < -0.4 is 4.74 Å². The Morgan fingerprint density at radius 3 is 2.53 bits per heavy atom. The first kappa shape index (κ1) is 11.5. The van der Waals surface area contributed by atoms with E-state index in [1.807, 2.05) is 0 Å². The van der Waals surface area contributed by atoms with Crippen molar-refractivity contribution < 1.29 is 17.9 Å². The molecule has 1 aromatic carbocycles. The molecule has 0 unspecified atom stereocenters. The van der Waals surface area contributed by atoms with Crippen LogP contribution in [0.4, 0.5) is 13.2 Å². The third kappa shape index (κ3) is 2.68. The predicted octanol–water partition coefficient (Wildman–Crippen LogP) is 2.98. The zero-order chi connectivity index (χ0) is 11.5. The summed E-state index contributed by atoms with van der Waals surface area (Å²) in [5.74, 6) is -0.302. The molecule has 1 rings (SSSR count). The van der Waals surface area contributed by atoms with E-state index in [-0.39, 0.29) is 12.3 Å². The molecule has 6 heteroatoms. The number of methoxy groups -OCH3 is 1. The van der Waals surface area contributed by atoms with Gasteiger partial charge in [-0.3, -0.25) is 0 Å². The van der Waals surface area contributed by atoms with E-state index >= 15 is 0 Å². The van der Waals surface area contributed by atoms with Crippen LogP contribution in [0, 0.1) is 4.91 Å². The van der Waals surface area contributed by atoms with Gasteiger partial charge in [-0.25, -0.2) is 0 Å². The molecule has 1 aromatic rings. The van der Waals surface area contributed by atoms with E-state index in [2.05, 4.69) is 9.91 Å². The molecule has 0 heterocycles. The van der Waals surface area contributed by atoms with Gasteiger partial charge in [-0.2, -0.15) is 18.1 Å². The van der Waals surface area contributed by atoms with Crippen LogP contribution in [0.1, 0.15) is 11.1 Å². The lowest BCUT2D eigenvalue weighted by Gasteiger charge is -2.12. The summed E-state index contributed by atoms with van der Waals surface area (Å²) in [6.07, 6.45) is -4.46. The number of hydrogen-bond acceptors (Lipinski definition) is 3. The Labute approximate surface area is 83.8 Å². The Balaban J connectivity index is 3.15. The summed E-state index contributed by atoms with van der Waals surface area (Å²) < 4.78 is 41.8. The van der Waals surface area contributed by atoms with Crippen LogP contribution in [0.15, 0.2) is 23.4 Å². The summed E-state index contributed by atoms with van der Waals surface area (Å²) in [4.78, 5) is 9.94. The zero-order valence-electron chi connectivity index (χ0n) is 7.84. The minimum atomic E-state index is -4.46. The fraction of sp³-hybridized carbons (Fsp3) is 0.333. The molecule has 0 radical (unpaired) electrons. The van der Waals surface area contributed by atoms with Crippen molar-refractivity contribution in [2.75, 3.05) is 7.11 Å². The Kier molecular flexibility index (Phi) is 3.28. The monoisotopic (exact) mass is 219 g/mol. The summed E-state index contributed by atoms with van der Waals surface area (Å²) >= 11 is 0. The fourth-order valence-corrected chi connectivity index (χ4v) is 1.14. The van der Waals surface area contributed by atoms with E-state index in [1.54, 1.807) is 0 Å². The molecule has 0 fully saturated rings. The summed E-state index contributed by atoms with van der Waals surface area (Å²) in [6, 6.07) is 3.23. The number of halogens is 3. The molecule has 0 spiro atoms. The molecule has 0 bridgehead atoms. The Morgan fingerprint density at radius 2 is 2.07 bits per heavy atom. The average Bonchev–Trinajstić information content (AvgIpc) is 2.16. The topological polar surface area (TPSA) is 38.7 Å². The van der Waals surface area contributed by atoms with Crippen molar-refractivity contribution in [2.24, 2.45) is 5.18 Å². The van der Waals surface area contributed by atoms with Gasteiger partial charge >= 0.3 is 6.18 Å². The van der Waals surface area contributed by atoms with Crippen molar-refractivity contribution in [3.63, 3.8) is 0 Å². The maximum atomic E-state index is 12.4. The largest absolute Gasteiger partial charge is 0.496 e. The van der Waals surface area contributed by atoms with E-state index in [0.29, 0.717) is 5.56 Å². The summed E-state index contributed by atoms with van der Waals surface area (Å²) in [5, 5.41) is 2.59. The molecule has 0 aromatic heterocycles. The van der Waals surface area contributed by atoms with E-state index < -0.39 is 11.7 Å². The van der Waals surface area contributed by atoms with Crippen molar-refractivity contribution in [3.05, 3.63) is 34.2 Å². The second-order valence-corrected chi connectivity index (χ2v) is 2.82. The van der Waals surface area contributed by atoms with Crippen LogP contribution in [0.3, 0.4) is 0 Å². The number of ether oxygens (including phenoxy) is 1. The molecule has 0 amide bonds. The zero-order valence-corrected chi connectivity index (χ0v) is 7.84. The lowest BCUT2D eigenvalue weighted by molar-refractivity contribution is -0.138. The molecule has 0 atom stereocenters. The van der Waals surface area contributed by atoms with E-state index in [4.69, 9.17) is 0 Å². The number of rotatable bonds is 3. The maximum Gasteiger partial charge on any atom is 0.419 e. The summed E-state index contributed by atoms with van der Waals surface area (Å²) in [7, 11) is 1.14. The molecule has 3 nitrogen and oxygen atoms in total. The molecule has 82 valence electrons. The predicted molar refractivity (Wildman–Crippen MR) is 47.5 cm³/mol. The van der Waals surface area contributed by atoms with Crippen molar-refractivity contribution in [2.45, 2.75) is 12.7 Å². The summed E-state index contributed by atoms with van der Waals surface area (Å²) in [5.41, 5.74) is -0.477. The van der Waals surface area contributed by atoms with Gasteiger partial charge in [0, 0.05) is 0 Å². The molecule has 15 heavy (non-hydrogen) atoms. The van der Waals surface area contributed by atoms with E-state index in [9.17, 15) is 18.1 Å². The number of benzene rings is 1. The quantitative estimate of drug-likeness (QED) is 0.733. The third-order valence-electron chi connectivity index (χ3n) is 1.82. The molecular weight excluding hydrogens is 211 g/mol. The van der Waals surface area contributed by atoms with E-state index in [0.717, 1.165) is 19.2 Å². The molecule has 0 aliphatic rings. The second kappa shape index (κ2) is 4.29. The molecular formula is C9H8F3NO2. The van der Waals surface area contributed by atoms with Gasteiger partial charge < -0.3 is 4.74 Å². The Hall–Kier alpha value is -1.59. The highest BCUT2D eigenvalue weighted by molar-refractivity contribution is 5.39. The smallest absolute Gasteiger partial charge is 0.419 e. The van der Waals surface area contributed by atoms with Crippen molar-refractivity contribution in [3.8, 4) is 5.75 Å². The van der Waals surface area contributed by atoms with Crippen LogP contribution in [0.2, 0.25) is 0 Å². The van der Waals surface area contributed by atoms with Gasteiger partial charge in [0.15, 0.2) is 0 Å². The van der Waals surface area contributed by atoms with Gasteiger partial charge in [0.25, 0.3) is 0 Å². The molecule has 0 aliphatic carbocycles. The lowest BCUT2D eigenvalue weighted by Crippen LogP contribution is -2.07. The van der Waals surface area contributed by atoms with Crippen molar-refractivity contribution in [1.82, 2.24) is 0 Å². The normalized spacial score (nSPS) is 11.2. The Bertz CT molecular complexity index is 363. The first-order chi connectivity index (χ1) is 6.99. The van der Waals surface area contributed by atoms with Gasteiger partial charge in [0.1, 0.15) is 12.3 Å². The first-order valence-corrected chi connectivity index (χ1v) is 4.02. The highest BCUT2D eigenvalue weighted by Crippen LogP contribution is 2.36. The highest BCUT2D eigenvalue weighted by atomic mass is 19.4. The van der Waals surface area contributed by atoms with Gasteiger partial charge in [-0.05, 0) is 17.7 Å². The number of hydrogen-bond donors (Lipinski definition) is 0. The highest BCUT2D eigenvalue weighted by Gasteiger charge is 2.34. The molecule has 0 saturated carbocycles. The number of alkyl halides is 3. The molecule has 0 saturated heterocycles. The van der Waals surface area contributed by atoms with Crippen molar-refractivity contribution in [1.29, 1.82) is 0 Å². The third-order valence-corrected chi connectivity index (χ3v) is 1.82. The van der Waals surface area contributed by atoms with Crippen molar-refractivity contribution >= 4 is 0 Å². The van der Waals surface area contributed by atoms with Gasteiger partial charge in [0.2, 0.25) is 0 Å². The summed E-state index contributed by atoms with van der Waals surface area (Å²) in [6.45, 7) is -0.172. The average molecular weight is 219 g/mol. The lowest BCUT2D eigenvalue weighted by atomic mass is 10.1.